The molecule has 0 spiro atoms. The number of rotatable bonds is 7. The zero-order valence-electron chi connectivity index (χ0n) is 13.7. The third kappa shape index (κ3) is 9.73. The number of hydrogen-bond donors (Lipinski definition) is 0. The summed E-state index contributed by atoms with van der Waals surface area (Å²) in [6.45, 7) is 13.6. The van der Waals surface area contributed by atoms with Crippen molar-refractivity contribution < 1.29 is 4.79 Å². The summed E-state index contributed by atoms with van der Waals surface area (Å²) < 4.78 is 0. The lowest BCUT2D eigenvalue weighted by atomic mass is 9.79. The molecule has 0 rings (SSSR count). The van der Waals surface area contributed by atoms with E-state index in [0.29, 0.717) is 28.9 Å². The van der Waals surface area contributed by atoms with Crippen LogP contribution >= 0.6 is 0 Å². The Balaban J connectivity index is 4.21. The zero-order chi connectivity index (χ0) is 14.4. The van der Waals surface area contributed by atoms with Crippen LogP contribution in [0, 0.1) is 16.7 Å². The second-order valence-electron chi connectivity index (χ2n) is 8.07. The molecule has 1 atom stereocenters. The Bertz CT molecular complexity index is 245. The lowest BCUT2D eigenvalue weighted by Crippen LogP contribution is -2.18. The number of hydrogen-bond acceptors (Lipinski definition) is 1. The zero-order valence-corrected chi connectivity index (χ0v) is 13.7. The van der Waals surface area contributed by atoms with Crippen molar-refractivity contribution in [3.05, 3.63) is 0 Å². The number of carbonyl (C=O) groups is 1. The highest BCUT2D eigenvalue weighted by molar-refractivity contribution is 6.20. The van der Waals surface area contributed by atoms with Crippen molar-refractivity contribution in [3.8, 4) is 0 Å². The molecule has 0 radical (unpaired) electrons. The SMILES string of the molecule is BCC(=O)C(CCCC(C)(C)C)CCC(C)(C)C. The van der Waals surface area contributed by atoms with Crippen LogP contribution in [-0.2, 0) is 4.79 Å². The van der Waals surface area contributed by atoms with Gasteiger partial charge in [-0.1, -0.05) is 48.0 Å². The average molecular weight is 252 g/mol. The summed E-state index contributed by atoms with van der Waals surface area (Å²) in [6, 6.07) is 0. The molecule has 0 aliphatic carbocycles. The minimum Gasteiger partial charge on any atom is -0.300 e. The molecule has 0 saturated carbocycles. The lowest BCUT2D eigenvalue weighted by Gasteiger charge is -2.24. The van der Waals surface area contributed by atoms with Crippen LogP contribution in [0.2, 0.25) is 6.32 Å². The van der Waals surface area contributed by atoms with E-state index in [0.717, 1.165) is 19.3 Å². The quantitative estimate of drug-likeness (QED) is 0.618. The lowest BCUT2D eigenvalue weighted by molar-refractivity contribution is -0.121. The Morgan fingerprint density at radius 2 is 1.44 bits per heavy atom. The van der Waals surface area contributed by atoms with Crippen LogP contribution in [-0.4, -0.2) is 13.6 Å². The predicted octanol–water partition coefficient (Wildman–Crippen LogP) is 4.27. The van der Waals surface area contributed by atoms with Gasteiger partial charge < -0.3 is 4.79 Å². The summed E-state index contributed by atoms with van der Waals surface area (Å²) >= 11 is 0. The summed E-state index contributed by atoms with van der Waals surface area (Å²) in [5.74, 6) is 0.768. The topological polar surface area (TPSA) is 17.1 Å². The summed E-state index contributed by atoms with van der Waals surface area (Å²) in [5, 5.41) is 0. The number of ketones is 1. The normalized spacial score (nSPS) is 14.6. The van der Waals surface area contributed by atoms with Crippen LogP contribution < -0.4 is 0 Å². The highest BCUT2D eigenvalue weighted by Gasteiger charge is 2.21. The molecule has 0 heterocycles. The smallest absolute Gasteiger partial charge is 0.128 e. The molecule has 0 saturated heterocycles. The Hall–Kier alpha value is -0.265. The van der Waals surface area contributed by atoms with Gasteiger partial charge in [0.15, 0.2) is 0 Å². The van der Waals surface area contributed by atoms with Crippen molar-refractivity contribution in [1.82, 2.24) is 0 Å². The molecule has 18 heavy (non-hydrogen) atoms. The molecule has 0 fully saturated rings. The highest BCUT2D eigenvalue weighted by Crippen LogP contribution is 2.29. The third-order valence-corrected chi connectivity index (χ3v) is 3.53. The van der Waals surface area contributed by atoms with Crippen LogP contribution in [0.5, 0.6) is 0 Å². The van der Waals surface area contributed by atoms with Gasteiger partial charge in [0, 0.05) is 5.92 Å². The van der Waals surface area contributed by atoms with E-state index in [4.69, 9.17) is 0 Å². The summed E-state index contributed by atoms with van der Waals surface area (Å²) in [6.07, 6.45) is 6.41. The molecule has 0 N–H and O–H groups in total. The van der Waals surface area contributed by atoms with Gasteiger partial charge >= 0.3 is 0 Å². The molecule has 1 nitrogen and oxygen atoms in total. The fourth-order valence-corrected chi connectivity index (χ4v) is 2.24. The second kappa shape index (κ2) is 7.35. The summed E-state index contributed by atoms with van der Waals surface area (Å²) in [4.78, 5) is 12.0. The van der Waals surface area contributed by atoms with Gasteiger partial charge in [-0.25, -0.2) is 0 Å². The standard InChI is InChI=1S/C16H33BO/c1-15(2,3)10-7-8-13(14(18)12-17)9-11-16(4,5)6/h13H,7-12,17H2,1-6H3. The molecule has 106 valence electrons. The minimum atomic E-state index is 0.302. The summed E-state index contributed by atoms with van der Waals surface area (Å²) in [5.41, 5.74) is 0.736. The maximum absolute atomic E-state index is 12.0. The first kappa shape index (κ1) is 17.7. The van der Waals surface area contributed by atoms with Gasteiger partial charge in [-0.2, -0.15) is 0 Å². The van der Waals surface area contributed by atoms with Gasteiger partial charge in [0.2, 0.25) is 0 Å². The molecule has 0 aromatic carbocycles. The van der Waals surface area contributed by atoms with Crippen LogP contribution in [0.25, 0.3) is 0 Å². The molecule has 0 aromatic rings. The van der Waals surface area contributed by atoms with E-state index >= 15 is 0 Å². The van der Waals surface area contributed by atoms with Gasteiger partial charge in [-0.15, -0.1) is 0 Å². The number of carbonyl (C=O) groups excluding carboxylic acids is 1. The van der Waals surface area contributed by atoms with E-state index in [1.165, 1.54) is 12.8 Å². The van der Waals surface area contributed by atoms with E-state index in [9.17, 15) is 4.79 Å². The van der Waals surface area contributed by atoms with Crippen LogP contribution in [0.4, 0.5) is 0 Å². The predicted molar refractivity (Wildman–Crippen MR) is 83.8 cm³/mol. The molecule has 0 aromatic heterocycles. The molecule has 0 aliphatic heterocycles. The minimum absolute atomic E-state index is 0.302. The van der Waals surface area contributed by atoms with Gasteiger partial charge in [0.05, 0.1) is 0 Å². The Labute approximate surface area is 116 Å². The Morgan fingerprint density at radius 1 is 0.944 bits per heavy atom. The van der Waals surface area contributed by atoms with Crippen LogP contribution in [0.15, 0.2) is 0 Å². The van der Waals surface area contributed by atoms with Gasteiger partial charge in [0.1, 0.15) is 13.6 Å². The largest absolute Gasteiger partial charge is 0.300 e. The summed E-state index contributed by atoms with van der Waals surface area (Å²) in [7, 11) is 2.00. The van der Waals surface area contributed by atoms with Crippen molar-refractivity contribution in [1.29, 1.82) is 0 Å². The van der Waals surface area contributed by atoms with Gasteiger partial charge in [-0.05, 0) is 42.8 Å². The average Bonchev–Trinajstić information content (AvgIpc) is 2.19. The Morgan fingerprint density at radius 3 is 1.83 bits per heavy atom. The van der Waals surface area contributed by atoms with E-state index < -0.39 is 0 Å². The van der Waals surface area contributed by atoms with E-state index in [1.54, 1.807) is 0 Å². The number of Topliss-reactive ketones (excluding diaryl/α,β-unsaturated/α-hetero) is 1. The Kier molecular flexibility index (Phi) is 7.25. The molecule has 0 aliphatic rings. The molecular formula is C16H33BO. The fraction of sp³-hybridized carbons (Fsp3) is 0.938. The van der Waals surface area contributed by atoms with Crippen molar-refractivity contribution in [2.45, 2.75) is 80.0 Å². The van der Waals surface area contributed by atoms with Crippen molar-refractivity contribution in [2.24, 2.45) is 16.7 Å². The molecule has 1 unspecified atom stereocenters. The first-order valence-corrected chi connectivity index (χ1v) is 7.58. The monoisotopic (exact) mass is 252 g/mol. The van der Waals surface area contributed by atoms with Crippen molar-refractivity contribution in [2.75, 3.05) is 0 Å². The van der Waals surface area contributed by atoms with Crippen molar-refractivity contribution >= 4 is 13.6 Å². The van der Waals surface area contributed by atoms with Gasteiger partial charge in [-0.3, -0.25) is 0 Å². The first-order chi connectivity index (χ1) is 8.05. The molecular weight excluding hydrogens is 219 g/mol. The second-order valence-corrected chi connectivity index (χ2v) is 8.07. The highest BCUT2D eigenvalue weighted by atomic mass is 16.1. The molecule has 0 bridgehead atoms. The fourth-order valence-electron chi connectivity index (χ4n) is 2.24. The van der Waals surface area contributed by atoms with E-state index in [2.05, 4.69) is 41.5 Å². The maximum atomic E-state index is 12.0. The molecule has 2 heteroatoms. The van der Waals surface area contributed by atoms with Crippen LogP contribution in [0.1, 0.15) is 73.6 Å². The maximum Gasteiger partial charge on any atom is 0.128 e. The van der Waals surface area contributed by atoms with Crippen LogP contribution in [0.3, 0.4) is 0 Å². The van der Waals surface area contributed by atoms with Crippen molar-refractivity contribution in [3.63, 3.8) is 0 Å². The van der Waals surface area contributed by atoms with E-state index in [-0.39, 0.29) is 0 Å². The van der Waals surface area contributed by atoms with E-state index in [1.807, 2.05) is 7.85 Å². The molecule has 0 amide bonds. The third-order valence-electron chi connectivity index (χ3n) is 3.53. The van der Waals surface area contributed by atoms with Gasteiger partial charge in [0.25, 0.3) is 0 Å². The first-order valence-electron chi connectivity index (χ1n) is 7.58.